The standard InChI is InChI=1S/C10H18O2/c1-5-7(2)10(8(11)12)6-9(10,3)4/h7H,5-6H2,1-4H3,(H,11,12). The van der Waals surface area contributed by atoms with Crippen LogP contribution in [-0.2, 0) is 4.79 Å². The Kier molecular flexibility index (Phi) is 1.97. The quantitative estimate of drug-likeness (QED) is 0.706. The maximum atomic E-state index is 11.1. The summed E-state index contributed by atoms with van der Waals surface area (Å²) >= 11 is 0. The third kappa shape index (κ3) is 0.970. The van der Waals surface area contributed by atoms with Crippen molar-refractivity contribution in [2.24, 2.45) is 16.7 Å². The van der Waals surface area contributed by atoms with Crippen LogP contribution in [0, 0.1) is 16.7 Å². The van der Waals surface area contributed by atoms with Crippen molar-refractivity contribution in [3.8, 4) is 0 Å². The highest BCUT2D eigenvalue weighted by Crippen LogP contribution is 2.68. The van der Waals surface area contributed by atoms with Gasteiger partial charge in [0.2, 0.25) is 0 Å². The predicted octanol–water partition coefficient (Wildman–Crippen LogP) is 2.53. The Morgan fingerprint density at radius 3 is 2.08 bits per heavy atom. The summed E-state index contributed by atoms with van der Waals surface area (Å²) in [6, 6.07) is 0. The Morgan fingerprint density at radius 2 is 2.00 bits per heavy atom. The van der Waals surface area contributed by atoms with E-state index in [4.69, 9.17) is 5.11 Å². The van der Waals surface area contributed by atoms with Gasteiger partial charge in [-0.2, -0.15) is 0 Å². The van der Waals surface area contributed by atoms with Crippen LogP contribution in [0.1, 0.15) is 40.5 Å². The SMILES string of the molecule is CCC(C)C1(C(=O)O)CC1(C)C. The molecule has 1 N–H and O–H groups in total. The molecule has 12 heavy (non-hydrogen) atoms. The maximum absolute atomic E-state index is 11.1. The van der Waals surface area contributed by atoms with Gasteiger partial charge >= 0.3 is 5.97 Å². The summed E-state index contributed by atoms with van der Waals surface area (Å²) in [5, 5.41) is 9.14. The molecular weight excluding hydrogens is 152 g/mol. The molecule has 0 saturated heterocycles. The normalized spacial score (nSPS) is 34.3. The zero-order valence-corrected chi connectivity index (χ0v) is 8.35. The molecule has 2 heteroatoms. The molecule has 0 aromatic heterocycles. The molecule has 0 aliphatic heterocycles. The van der Waals surface area contributed by atoms with E-state index >= 15 is 0 Å². The molecule has 1 rings (SSSR count). The third-order valence-electron chi connectivity index (χ3n) is 3.64. The van der Waals surface area contributed by atoms with Gasteiger partial charge in [0.25, 0.3) is 0 Å². The Balaban J connectivity index is 2.86. The average molecular weight is 170 g/mol. The molecule has 0 aromatic carbocycles. The van der Waals surface area contributed by atoms with E-state index in [1.54, 1.807) is 0 Å². The van der Waals surface area contributed by atoms with Crippen LogP contribution < -0.4 is 0 Å². The molecule has 70 valence electrons. The summed E-state index contributed by atoms with van der Waals surface area (Å²) in [4.78, 5) is 11.1. The van der Waals surface area contributed by atoms with E-state index in [-0.39, 0.29) is 5.41 Å². The van der Waals surface area contributed by atoms with Gasteiger partial charge in [0.05, 0.1) is 5.41 Å². The number of aliphatic carboxylic acids is 1. The Hall–Kier alpha value is -0.530. The Labute approximate surface area is 74.0 Å². The number of carboxylic acid groups (broad SMARTS) is 1. The fraction of sp³-hybridized carbons (Fsp3) is 0.900. The minimum atomic E-state index is -0.609. The van der Waals surface area contributed by atoms with E-state index in [0.717, 1.165) is 12.8 Å². The Bertz CT molecular complexity index is 208. The molecule has 2 unspecified atom stereocenters. The highest BCUT2D eigenvalue weighted by atomic mass is 16.4. The second-order valence-electron chi connectivity index (χ2n) is 4.65. The van der Waals surface area contributed by atoms with Crippen molar-refractivity contribution in [3.05, 3.63) is 0 Å². The molecule has 0 aromatic rings. The van der Waals surface area contributed by atoms with Gasteiger partial charge < -0.3 is 5.11 Å². The van der Waals surface area contributed by atoms with Crippen LogP contribution in [0.3, 0.4) is 0 Å². The first-order valence-corrected chi connectivity index (χ1v) is 4.62. The van der Waals surface area contributed by atoms with Crippen molar-refractivity contribution in [3.63, 3.8) is 0 Å². The lowest BCUT2D eigenvalue weighted by atomic mass is 9.82. The van der Waals surface area contributed by atoms with Crippen LogP contribution in [-0.4, -0.2) is 11.1 Å². The van der Waals surface area contributed by atoms with E-state index in [1.165, 1.54) is 0 Å². The molecule has 0 heterocycles. The summed E-state index contributed by atoms with van der Waals surface area (Å²) in [6.07, 6.45) is 1.79. The molecule has 1 saturated carbocycles. The molecule has 0 amide bonds. The van der Waals surface area contributed by atoms with Crippen molar-refractivity contribution < 1.29 is 9.90 Å². The van der Waals surface area contributed by atoms with E-state index in [0.29, 0.717) is 5.92 Å². The van der Waals surface area contributed by atoms with E-state index < -0.39 is 11.4 Å². The Morgan fingerprint density at radius 1 is 1.58 bits per heavy atom. The summed E-state index contributed by atoms with van der Waals surface area (Å²) in [6.45, 7) is 8.20. The summed E-state index contributed by atoms with van der Waals surface area (Å²) in [7, 11) is 0. The van der Waals surface area contributed by atoms with Gasteiger partial charge in [0.1, 0.15) is 0 Å². The maximum Gasteiger partial charge on any atom is 0.310 e. The largest absolute Gasteiger partial charge is 0.481 e. The topological polar surface area (TPSA) is 37.3 Å². The van der Waals surface area contributed by atoms with Crippen LogP contribution in [0.15, 0.2) is 0 Å². The van der Waals surface area contributed by atoms with Gasteiger partial charge in [-0.05, 0) is 17.8 Å². The minimum Gasteiger partial charge on any atom is -0.481 e. The lowest BCUT2D eigenvalue weighted by Gasteiger charge is -2.21. The fourth-order valence-corrected chi connectivity index (χ4v) is 2.42. The number of rotatable bonds is 3. The lowest BCUT2D eigenvalue weighted by molar-refractivity contribution is -0.147. The monoisotopic (exact) mass is 170 g/mol. The van der Waals surface area contributed by atoms with Crippen molar-refractivity contribution in [2.75, 3.05) is 0 Å². The first kappa shape index (κ1) is 9.56. The van der Waals surface area contributed by atoms with E-state index in [2.05, 4.69) is 6.92 Å². The van der Waals surface area contributed by atoms with Crippen LogP contribution in [0.4, 0.5) is 0 Å². The van der Waals surface area contributed by atoms with Crippen molar-refractivity contribution in [2.45, 2.75) is 40.5 Å². The number of carboxylic acids is 1. The molecule has 1 aliphatic rings. The molecule has 2 atom stereocenters. The van der Waals surface area contributed by atoms with E-state index in [1.807, 2.05) is 20.8 Å². The first-order chi connectivity index (χ1) is 5.38. The van der Waals surface area contributed by atoms with Gasteiger partial charge in [-0.15, -0.1) is 0 Å². The predicted molar refractivity (Wildman–Crippen MR) is 47.9 cm³/mol. The molecule has 0 bridgehead atoms. The number of hydrogen-bond donors (Lipinski definition) is 1. The molecule has 1 fully saturated rings. The van der Waals surface area contributed by atoms with Gasteiger partial charge in [0, 0.05) is 0 Å². The lowest BCUT2D eigenvalue weighted by Crippen LogP contribution is -2.27. The zero-order chi connectivity index (χ0) is 9.57. The van der Waals surface area contributed by atoms with Crippen molar-refractivity contribution in [1.29, 1.82) is 0 Å². The van der Waals surface area contributed by atoms with Gasteiger partial charge in [-0.25, -0.2) is 0 Å². The summed E-state index contributed by atoms with van der Waals surface area (Å²) < 4.78 is 0. The second kappa shape index (κ2) is 2.48. The van der Waals surface area contributed by atoms with Crippen LogP contribution in [0.25, 0.3) is 0 Å². The van der Waals surface area contributed by atoms with Crippen molar-refractivity contribution >= 4 is 5.97 Å². The van der Waals surface area contributed by atoms with E-state index in [9.17, 15) is 4.79 Å². The first-order valence-electron chi connectivity index (χ1n) is 4.62. The highest BCUT2D eigenvalue weighted by Gasteiger charge is 2.68. The smallest absolute Gasteiger partial charge is 0.310 e. The van der Waals surface area contributed by atoms with Gasteiger partial charge in [-0.1, -0.05) is 34.1 Å². The van der Waals surface area contributed by atoms with Crippen LogP contribution in [0.2, 0.25) is 0 Å². The molecule has 0 radical (unpaired) electrons. The fourth-order valence-electron chi connectivity index (χ4n) is 2.42. The zero-order valence-electron chi connectivity index (χ0n) is 8.35. The summed E-state index contributed by atoms with van der Waals surface area (Å²) in [5.41, 5.74) is -0.421. The van der Waals surface area contributed by atoms with Crippen LogP contribution in [0.5, 0.6) is 0 Å². The molecular formula is C10H18O2. The minimum absolute atomic E-state index is 0.00819. The van der Waals surface area contributed by atoms with Crippen LogP contribution >= 0.6 is 0 Å². The molecule has 0 spiro atoms. The van der Waals surface area contributed by atoms with Gasteiger partial charge in [-0.3, -0.25) is 4.79 Å². The second-order valence-corrected chi connectivity index (χ2v) is 4.65. The number of carbonyl (C=O) groups is 1. The highest BCUT2D eigenvalue weighted by molar-refractivity contribution is 5.80. The van der Waals surface area contributed by atoms with Gasteiger partial charge in [0.15, 0.2) is 0 Å². The molecule has 2 nitrogen and oxygen atoms in total. The number of hydrogen-bond acceptors (Lipinski definition) is 1. The van der Waals surface area contributed by atoms with Crippen molar-refractivity contribution in [1.82, 2.24) is 0 Å². The summed E-state index contributed by atoms with van der Waals surface area (Å²) in [5.74, 6) is -0.313. The third-order valence-corrected chi connectivity index (χ3v) is 3.64. The average Bonchev–Trinajstić information content (AvgIpc) is 2.54. The molecule has 1 aliphatic carbocycles.